The molecule has 34 heavy (non-hydrogen) atoms. The van der Waals surface area contributed by atoms with Crippen molar-refractivity contribution >= 4 is 5.97 Å². The number of aryl methyl sites for hydroxylation is 1. The lowest BCUT2D eigenvalue weighted by atomic mass is 9.82. The summed E-state index contributed by atoms with van der Waals surface area (Å²) in [4.78, 5) is 24.4. The molecule has 1 fully saturated rings. The van der Waals surface area contributed by atoms with Crippen LogP contribution in [0.3, 0.4) is 0 Å². The van der Waals surface area contributed by atoms with Crippen molar-refractivity contribution in [2.75, 3.05) is 7.11 Å². The van der Waals surface area contributed by atoms with Gasteiger partial charge in [-0.3, -0.25) is 14.8 Å². The van der Waals surface area contributed by atoms with Crippen LogP contribution in [0, 0.1) is 17.7 Å². The van der Waals surface area contributed by atoms with Crippen LogP contribution >= 0.6 is 0 Å². The molecule has 2 unspecified atom stereocenters. The number of hydrogen-bond donors (Lipinski definition) is 1. The lowest BCUT2D eigenvalue weighted by Gasteiger charge is -2.28. The summed E-state index contributed by atoms with van der Waals surface area (Å²) in [5, 5.41) is 9.59. The van der Waals surface area contributed by atoms with E-state index in [0.29, 0.717) is 23.2 Å². The molecule has 5 rings (SSSR count). The van der Waals surface area contributed by atoms with E-state index in [0.717, 1.165) is 48.8 Å². The van der Waals surface area contributed by atoms with E-state index < -0.39 is 17.7 Å². The molecule has 1 aromatic carbocycles. The Morgan fingerprint density at radius 3 is 2.65 bits per heavy atom. The smallest absolute Gasteiger partial charge is 0.306 e. The minimum absolute atomic E-state index is 0.0156. The molecule has 0 amide bonds. The average molecular weight is 464 g/mol. The van der Waals surface area contributed by atoms with Gasteiger partial charge in [0.25, 0.3) is 0 Å². The van der Waals surface area contributed by atoms with Gasteiger partial charge in [0.2, 0.25) is 5.88 Å². The number of aliphatic carboxylic acids is 1. The summed E-state index contributed by atoms with van der Waals surface area (Å²) in [5.41, 5.74) is 3.44. The minimum Gasteiger partial charge on any atom is -0.484 e. The summed E-state index contributed by atoms with van der Waals surface area (Å²) in [6.45, 7) is 1.78. The van der Waals surface area contributed by atoms with Crippen molar-refractivity contribution in [1.82, 2.24) is 15.0 Å². The van der Waals surface area contributed by atoms with Crippen molar-refractivity contribution in [2.45, 2.75) is 44.6 Å². The molecule has 1 aliphatic heterocycles. The van der Waals surface area contributed by atoms with Crippen molar-refractivity contribution in [2.24, 2.45) is 11.8 Å². The van der Waals surface area contributed by atoms with Gasteiger partial charge in [0.1, 0.15) is 11.9 Å². The van der Waals surface area contributed by atoms with Crippen LogP contribution < -0.4 is 9.47 Å². The summed E-state index contributed by atoms with van der Waals surface area (Å²) in [6.07, 6.45) is 7.66. The van der Waals surface area contributed by atoms with Gasteiger partial charge in [0, 0.05) is 11.6 Å². The SMILES string of the molecule is COc1cc(-c2cnc([C@@H]3CCc4ccc(C(C5CC5)C(C)C(=O)O)cc4O3)cn2)c(F)cn1. The molecule has 1 aliphatic carbocycles. The van der Waals surface area contributed by atoms with E-state index in [-0.39, 0.29) is 17.6 Å². The molecule has 8 heteroatoms. The number of aromatic nitrogens is 3. The second-order valence-corrected chi connectivity index (χ2v) is 9.04. The third kappa shape index (κ3) is 4.32. The normalized spacial score (nSPS) is 19.0. The third-order valence-electron chi connectivity index (χ3n) is 6.80. The van der Waals surface area contributed by atoms with E-state index in [9.17, 15) is 14.3 Å². The molecule has 3 aromatic rings. The molecule has 1 saturated carbocycles. The topological polar surface area (TPSA) is 94.4 Å². The Balaban J connectivity index is 1.37. The Morgan fingerprint density at radius 2 is 1.97 bits per heavy atom. The number of methoxy groups -OCH3 is 1. The first kappa shape index (κ1) is 22.3. The number of carboxylic acids is 1. The molecule has 0 radical (unpaired) electrons. The maximum atomic E-state index is 14.2. The van der Waals surface area contributed by atoms with Crippen molar-refractivity contribution < 1.29 is 23.8 Å². The van der Waals surface area contributed by atoms with Crippen LogP contribution in [0.5, 0.6) is 11.6 Å². The summed E-state index contributed by atoms with van der Waals surface area (Å²) in [5.74, 6) is -0.256. The molecular weight excluding hydrogens is 437 g/mol. The van der Waals surface area contributed by atoms with E-state index >= 15 is 0 Å². The van der Waals surface area contributed by atoms with Crippen LogP contribution in [0.1, 0.15) is 55.0 Å². The van der Waals surface area contributed by atoms with Crippen molar-refractivity contribution in [3.05, 3.63) is 65.5 Å². The highest BCUT2D eigenvalue weighted by atomic mass is 19.1. The maximum Gasteiger partial charge on any atom is 0.306 e. The number of rotatable bonds is 7. The second kappa shape index (κ2) is 9.00. The molecule has 7 nitrogen and oxygen atoms in total. The predicted octanol–water partition coefficient (Wildman–Crippen LogP) is 4.97. The number of carboxylic acid groups (broad SMARTS) is 1. The highest BCUT2D eigenvalue weighted by Gasteiger charge is 2.39. The number of benzene rings is 1. The van der Waals surface area contributed by atoms with Gasteiger partial charge in [-0.05, 0) is 54.7 Å². The Kier molecular flexibility index (Phi) is 5.89. The Bertz CT molecular complexity index is 1210. The monoisotopic (exact) mass is 463 g/mol. The van der Waals surface area contributed by atoms with Crippen LogP contribution in [-0.2, 0) is 11.2 Å². The first-order chi connectivity index (χ1) is 16.4. The second-order valence-electron chi connectivity index (χ2n) is 9.04. The Hall–Kier alpha value is -3.55. The molecule has 3 heterocycles. The zero-order valence-electron chi connectivity index (χ0n) is 19.1. The first-order valence-corrected chi connectivity index (χ1v) is 11.5. The highest BCUT2D eigenvalue weighted by molar-refractivity contribution is 5.71. The molecule has 2 aliphatic rings. The summed E-state index contributed by atoms with van der Waals surface area (Å²) in [6, 6.07) is 7.60. The fourth-order valence-electron chi connectivity index (χ4n) is 4.75. The number of carbonyl (C=O) groups is 1. The number of halogens is 1. The largest absolute Gasteiger partial charge is 0.484 e. The quantitative estimate of drug-likeness (QED) is 0.529. The molecule has 0 spiro atoms. The molecule has 2 aromatic heterocycles. The van der Waals surface area contributed by atoms with Gasteiger partial charge in [0.05, 0.1) is 43.0 Å². The standard InChI is InChI=1S/C26H26FN3O4/c1-14(26(31)32)25(16-4-5-16)17-6-3-15-7-8-22(34-23(15)9-17)21-13-28-20(12-29-21)18-10-24(33-2)30-11-19(18)27/h3,6,9-14,16,22,25H,4-5,7-8H2,1-2H3,(H,31,32)/t14?,22-,25?/m0/s1. The number of ether oxygens (including phenoxy) is 2. The van der Waals surface area contributed by atoms with Gasteiger partial charge in [0.15, 0.2) is 5.82 Å². The average Bonchev–Trinajstić information content (AvgIpc) is 3.69. The highest BCUT2D eigenvalue weighted by Crippen LogP contribution is 2.48. The van der Waals surface area contributed by atoms with Crippen LogP contribution in [0.2, 0.25) is 0 Å². The number of nitrogens with zero attached hydrogens (tertiary/aromatic N) is 3. The van der Waals surface area contributed by atoms with Crippen molar-refractivity contribution in [1.29, 1.82) is 0 Å². The molecule has 0 saturated heterocycles. The number of pyridine rings is 1. The van der Waals surface area contributed by atoms with Gasteiger partial charge >= 0.3 is 5.97 Å². The third-order valence-corrected chi connectivity index (χ3v) is 6.80. The van der Waals surface area contributed by atoms with Gasteiger partial charge in [-0.25, -0.2) is 9.37 Å². The summed E-state index contributed by atoms with van der Waals surface area (Å²) >= 11 is 0. The predicted molar refractivity (Wildman–Crippen MR) is 122 cm³/mol. The van der Waals surface area contributed by atoms with Gasteiger partial charge in [-0.15, -0.1) is 0 Å². The minimum atomic E-state index is -0.771. The van der Waals surface area contributed by atoms with Crippen molar-refractivity contribution in [3.8, 4) is 22.9 Å². The number of hydrogen-bond acceptors (Lipinski definition) is 6. The zero-order chi connectivity index (χ0) is 23.8. The van der Waals surface area contributed by atoms with E-state index in [1.807, 2.05) is 6.07 Å². The van der Waals surface area contributed by atoms with E-state index in [1.54, 1.807) is 13.1 Å². The number of fused-ring (bicyclic) bond motifs is 1. The zero-order valence-corrected chi connectivity index (χ0v) is 19.1. The fraction of sp³-hybridized carbons (Fsp3) is 0.385. The van der Waals surface area contributed by atoms with Crippen LogP contribution in [0.4, 0.5) is 4.39 Å². The lowest BCUT2D eigenvalue weighted by molar-refractivity contribution is -0.142. The molecular formula is C26H26FN3O4. The van der Waals surface area contributed by atoms with Gasteiger partial charge in [-0.2, -0.15) is 0 Å². The Morgan fingerprint density at radius 1 is 1.15 bits per heavy atom. The molecule has 176 valence electrons. The van der Waals surface area contributed by atoms with Crippen molar-refractivity contribution in [3.63, 3.8) is 0 Å². The van der Waals surface area contributed by atoms with Gasteiger partial charge in [-0.1, -0.05) is 19.1 Å². The summed E-state index contributed by atoms with van der Waals surface area (Å²) in [7, 11) is 1.47. The maximum absolute atomic E-state index is 14.2. The fourth-order valence-corrected chi connectivity index (χ4v) is 4.75. The van der Waals surface area contributed by atoms with Crippen LogP contribution in [0.25, 0.3) is 11.3 Å². The van der Waals surface area contributed by atoms with E-state index in [2.05, 4.69) is 27.1 Å². The van der Waals surface area contributed by atoms with Crippen LogP contribution in [-0.4, -0.2) is 33.1 Å². The molecule has 1 N–H and O–H groups in total. The molecule has 3 atom stereocenters. The Labute approximate surface area is 197 Å². The summed E-state index contributed by atoms with van der Waals surface area (Å²) < 4.78 is 25.6. The molecule has 0 bridgehead atoms. The van der Waals surface area contributed by atoms with Crippen LogP contribution in [0.15, 0.2) is 42.9 Å². The van der Waals surface area contributed by atoms with E-state index in [4.69, 9.17) is 9.47 Å². The first-order valence-electron chi connectivity index (χ1n) is 11.5. The lowest BCUT2D eigenvalue weighted by Crippen LogP contribution is -2.21. The van der Waals surface area contributed by atoms with Gasteiger partial charge < -0.3 is 14.6 Å². The van der Waals surface area contributed by atoms with E-state index in [1.165, 1.54) is 19.4 Å².